The topological polar surface area (TPSA) is 77.8 Å². The van der Waals surface area contributed by atoms with E-state index in [1.165, 1.54) is 12.1 Å². The number of nitrogens with zero attached hydrogens (tertiary/aromatic N) is 1. The molecule has 0 radical (unpaired) electrons. The van der Waals surface area contributed by atoms with Crippen LogP contribution in [0.2, 0.25) is 0 Å². The van der Waals surface area contributed by atoms with E-state index in [1.807, 2.05) is 0 Å². The lowest BCUT2D eigenvalue weighted by atomic mass is 10.1. The Balaban J connectivity index is 2.14. The molecule has 0 saturated carbocycles. The number of para-hydroxylation sites is 1. The number of aliphatic hydroxyl groups is 1. The van der Waals surface area contributed by atoms with E-state index in [-0.39, 0.29) is 11.3 Å². The zero-order valence-electron chi connectivity index (χ0n) is 10.4. The Morgan fingerprint density at radius 2 is 1.70 bits per heavy atom. The van der Waals surface area contributed by atoms with Gasteiger partial charge >= 0.3 is 5.97 Å². The second kappa shape index (κ2) is 4.47. The van der Waals surface area contributed by atoms with E-state index in [1.54, 1.807) is 36.4 Å². The lowest BCUT2D eigenvalue weighted by Crippen LogP contribution is -2.29. The summed E-state index contributed by atoms with van der Waals surface area (Å²) in [6.45, 7) is 0. The van der Waals surface area contributed by atoms with Crippen LogP contribution in [-0.4, -0.2) is 22.1 Å². The average molecular weight is 269 g/mol. The number of anilines is 1. The molecular formula is C15H11NO4. The van der Waals surface area contributed by atoms with Crippen molar-refractivity contribution in [1.29, 1.82) is 0 Å². The molecule has 1 heterocycles. The van der Waals surface area contributed by atoms with Crippen molar-refractivity contribution < 1.29 is 19.8 Å². The number of carbonyl (C=O) groups excluding carboxylic acids is 1. The van der Waals surface area contributed by atoms with E-state index in [9.17, 15) is 19.8 Å². The van der Waals surface area contributed by atoms with Crippen molar-refractivity contribution in [3.63, 3.8) is 0 Å². The van der Waals surface area contributed by atoms with Crippen LogP contribution in [0.25, 0.3) is 0 Å². The summed E-state index contributed by atoms with van der Waals surface area (Å²) in [4.78, 5) is 24.7. The van der Waals surface area contributed by atoms with Crippen molar-refractivity contribution in [3.8, 4) is 0 Å². The molecule has 0 bridgehead atoms. The van der Waals surface area contributed by atoms with Crippen molar-refractivity contribution >= 4 is 17.6 Å². The summed E-state index contributed by atoms with van der Waals surface area (Å²) in [7, 11) is 0. The molecule has 0 spiro atoms. The molecule has 2 N–H and O–H groups in total. The van der Waals surface area contributed by atoms with Crippen molar-refractivity contribution in [2.75, 3.05) is 4.90 Å². The van der Waals surface area contributed by atoms with Crippen LogP contribution in [0.3, 0.4) is 0 Å². The highest BCUT2D eigenvalue weighted by Gasteiger charge is 2.37. The van der Waals surface area contributed by atoms with Gasteiger partial charge in [0.15, 0.2) is 6.23 Å². The third kappa shape index (κ3) is 1.68. The molecule has 2 aromatic rings. The Morgan fingerprint density at radius 3 is 2.40 bits per heavy atom. The standard InChI is InChI=1S/C15H11NO4/c17-13-9-5-1-2-6-10(9)14(18)16(13)12-8-4-3-7-11(12)15(19)20/h1-8,13,17H,(H,19,20). The number of aromatic carboxylic acids is 1. The molecule has 2 aromatic carbocycles. The summed E-state index contributed by atoms with van der Waals surface area (Å²) >= 11 is 0. The smallest absolute Gasteiger partial charge is 0.337 e. The maximum absolute atomic E-state index is 12.4. The lowest BCUT2D eigenvalue weighted by molar-refractivity contribution is 0.0697. The van der Waals surface area contributed by atoms with Gasteiger partial charge in [0.25, 0.3) is 5.91 Å². The van der Waals surface area contributed by atoms with Gasteiger partial charge in [0.2, 0.25) is 0 Å². The fourth-order valence-corrected chi connectivity index (χ4v) is 2.40. The minimum atomic E-state index is -1.17. The van der Waals surface area contributed by atoms with Gasteiger partial charge in [0, 0.05) is 11.1 Å². The first-order valence-electron chi connectivity index (χ1n) is 6.04. The molecule has 1 aliphatic heterocycles. The molecule has 0 saturated heterocycles. The highest BCUT2D eigenvalue weighted by atomic mass is 16.4. The van der Waals surface area contributed by atoms with Crippen LogP contribution >= 0.6 is 0 Å². The number of aliphatic hydroxyl groups excluding tert-OH is 1. The van der Waals surface area contributed by atoms with Gasteiger partial charge in [-0.25, -0.2) is 4.79 Å². The molecule has 1 atom stereocenters. The summed E-state index contributed by atoms with van der Waals surface area (Å²) in [6.07, 6.45) is -1.17. The molecule has 1 amide bonds. The molecule has 0 fully saturated rings. The van der Waals surface area contributed by atoms with Crippen LogP contribution in [0.1, 0.15) is 32.5 Å². The second-order valence-electron chi connectivity index (χ2n) is 4.46. The number of rotatable bonds is 2. The van der Waals surface area contributed by atoms with E-state index in [4.69, 9.17) is 0 Å². The van der Waals surface area contributed by atoms with Crippen molar-refractivity contribution in [2.45, 2.75) is 6.23 Å². The fraction of sp³-hybridized carbons (Fsp3) is 0.0667. The molecule has 5 nitrogen and oxygen atoms in total. The van der Waals surface area contributed by atoms with Gasteiger partial charge < -0.3 is 10.2 Å². The molecule has 1 aliphatic rings. The molecule has 0 aromatic heterocycles. The molecule has 3 rings (SSSR count). The van der Waals surface area contributed by atoms with Gasteiger partial charge in [0.05, 0.1) is 11.3 Å². The van der Waals surface area contributed by atoms with Crippen LogP contribution in [0, 0.1) is 0 Å². The van der Waals surface area contributed by atoms with Gasteiger partial charge in [-0.1, -0.05) is 30.3 Å². The maximum Gasteiger partial charge on any atom is 0.337 e. The summed E-state index contributed by atoms with van der Waals surface area (Å²) in [6, 6.07) is 12.8. The summed E-state index contributed by atoms with van der Waals surface area (Å²) in [5.41, 5.74) is 1.04. The predicted molar refractivity (Wildman–Crippen MR) is 71.6 cm³/mol. The van der Waals surface area contributed by atoms with E-state index in [0.29, 0.717) is 11.1 Å². The minimum Gasteiger partial charge on any atom is -0.478 e. The first-order chi connectivity index (χ1) is 9.61. The third-order valence-electron chi connectivity index (χ3n) is 3.33. The molecule has 0 aliphatic carbocycles. The van der Waals surface area contributed by atoms with Crippen molar-refractivity contribution in [1.82, 2.24) is 0 Å². The minimum absolute atomic E-state index is 0.0206. The number of hydrogen-bond acceptors (Lipinski definition) is 3. The van der Waals surface area contributed by atoms with Crippen LogP contribution < -0.4 is 4.90 Å². The Labute approximate surface area is 114 Å². The van der Waals surface area contributed by atoms with Gasteiger partial charge in [0.1, 0.15) is 0 Å². The number of carboxylic acids is 1. The number of carboxylic acid groups (broad SMARTS) is 1. The third-order valence-corrected chi connectivity index (χ3v) is 3.33. The first kappa shape index (κ1) is 12.4. The van der Waals surface area contributed by atoms with E-state index < -0.39 is 18.1 Å². The number of carbonyl (C=O) groups is 2. The van der Waals surface area contributed by atoms with Gasteiger partial charge in [-0.15, -0.1) is 0 Å². The summed E-state index contributed by atoms with van der Waals surface area (Å²) < 4.78 is 0. The van der Waals surface area contributed by atoms with Crippen LogP contribution in [-0.2, 0) is 0 Å². The van der Waals surface area contributed by atoms with Crippen LogP contribution in [0.4, 0.5) is 5.69 Å². The predicted octanol–water partition coefficient (Wildman–Crippen LogP) is 2.04. The molecule has 5 heteroatoms. The molecule has 20 heavy (non-hydrogen) atoms. The zero-order valence-corrected chi connectivity index (χ0v) is 10.4. The number of hydrogen-bond donors (Lipinski definition) is 2. The monoisotopic (exact) mass is 269 g/mol. The largest absolute Gasteiger partial charge is 0.478 e. The van der Waals surface area contributed by atoms with E-state index in [2.05, 4.69) is 0 Å². The number of benzene rings is 2. The summed E-state index contributed by atoms with van der Waals surface area (Å²) in [5.74, 6) is -1.54. The Morgan fingerprint density at radius 1 is 1.05 bits per heavy atom. The maximum atomic E-state index is 12.4. The van der Waals surface area contributed by atoms with Crippen molar-refractivity contribution in [2.24, 2.45) is 0 Å². The van der Waals surface area contributed by atoms with Gasteiger partial charge in [-0.2, -0.15) is 0 Å². The molecule has 1 unspecified atom stereocenters. The Hall–Kier alpha value is -2.66. The van der Waals surface area contributed by atoms with E-state index in [0.717, 1.165) is 4.90 Å². The number of amides is 1. The fourth-order valence-electron chi connectivity index (χ4n) is 2.40. The Bertz CT molecular complexity index is 711. The normalized spacial score (nSPS) is 17.1. The quantitative estimate of drug-likeness (QED) is 0.874. The highest BCUT2D eigenvalue weighted by molar-refractivity contribution is 6.13. The van der Waals surface area contributed by atoms with Crippen molar-refractivity contribution in [3.05, 3.63) is 65.2 Å². The second-order valence-corrected chi connectivity index (χ2v) is 4.46. The SMILES string of the molecule is O=C(O)c1ccccc1N1C(=O)c2ccccc2C1O. The van der Waals surface area contributed by atoms with Gasteiger partial charge in [-0.05, 0) is 18.2 Å². The Kier molecular flexibility index (Phi) is 2.76. The van der Waals surface area contributed by atoms with Crippen LogP contribution in [0.5, 0.6) is 0 Å². The molecular weight excluding hydrogens is 258 g/mol. The van der Waals surface area contributed by atoms with E-state index >= 15 is 0 Å². The zero-order chi connectivity index (χ0) is 14.3. The molecule has 100 valence electrons. The number of fused-ring (bicyclic) bond motifs is 1. The lowest BCUT2D eigenvalue weighted by Gasteiger charge is -2.22. The van der Waals surface area contributed by atoms with Crippen LogP contribution in [0.15, 0.2) is 48.5 Å². The van der Waals surface area contributed by atoms with Gasteiger partial charge in [-0.3, -0.25) is 9.69 Å². The average Bonchev–Trinajstić information content (AvgIpc) is 2.71. The summed E-state index contributed by atoms with van der Waals surface area (Å²) in [5, 5.41) is 19.5. The first-order valence-corrected chi connectivity index (χ1v) is 6.04. The highest BCUT2D eigenvalue weighted by Crippen LogP contribution is 2.37.